The van der Waals surface area contributed by atoms with Crippen LogP contribution in [0.5, 0.6) is 0 Å². The summed E-state index contributed by atoms with van der Waals surface area (Å²) in [6.45, 7) is 0.708. The SMILES string of the molecule is CN(C)CCC(=O)Nc1ccc(Cl)cc1N. The first-order valence-electron chi connectivity index (χ1n) is 4.98. The second kappa shape index (κ2) is 5.72. The smallest absolute Gasteiger partial charge is 0.225 e. The van der Waals surface area contributed by atoms with Crippen LogP contribution in [0.15, 0.2) is 18.2 Å². The third kappa shape index (κ3) is 4.08. The van der Waals surface area contributed by atoms with Crippen LogP contribution in [0, 0.1) is 0 Å². The molecule has 0 saturated heterocycles. The second-order valence-electron chi connectivity index (χ2n) is 3.83. The van der Waals surface area contributed by atoms with Crippen molar-refractivity contribution in [2.75, 3.05) is 31.7 Å². The fraction of sp³-hybridized carbons (Fsp3) is 0.364. The van der Waals surface area contributed by atoms with Gasteiger partial charge in [-0.15, -0.1) is 0 Å². The molecule has 16 heavy (non-hydrogen) atoms. The number of carbonyl (C=O) groups is 1. The van der Waals surface area contributed by atoms with E-state index in [2.05, 4.69) is 5.32 Å². The minimum Gasteiger partial charge on any atom is -0.397 e. The van der Waals surface area contributed by atoms with Crippen LogP contribution in [-0.4, -0.2) is 31.4 Å². The molecule has 1 rings (SSSR count). The zero-order valence-corrected chi connectivity index (χ0v) is 10.2. The molecule has 0 aliphatic rings. The van der Waals surface area contributed by atoms with Crippen molar-refractivity contribution in [1.29, 1.82) is 0 Å². The average Bonchev–Trinajstić information content (AvgIpc) is 2.19. The van der Waals surface area contributed by atoms with Crippen molar-refractivity contribution < 1.29 is 4.79 Å². The number of nitrogen functional groups attached to an aromatic ring is 1. The molecule has 0 saturated carbocycles. The highest BCUT2D eigenvalue weighted by molar-refractivity contribution is 6.31. The van der Waals surface area contributed by atoms with E-state index >= 15 is 0 Å². The number of anilines is 2. The van der Waals surface area contributed by atoms with Crippen molar-refractivity contribution >= 4 is 28.9 Å². The van der Waals surface area contributed by atoms with Gasteiger partial charge in [-0.05, 0) is 32.3 Å². The molecule has 0 radical (unpaired) electrons. The van der Waals surface area contributed by atoms with Crippen LogP contribution < -0.4 is 11.1 Å². The molecule has 5 heteroatoms. The van der Waals surface area contributed by atoms with Gasteiger partial charge in [0.15, 0.2) is 0 Å². The van der Waals surface area contributed by atoms with E-state index in [-0.39, 0.29) is 5.91 Å². The summed E-state index contributed by atoms with van der Waals surface area (Å²) in [6, 6.07) is 5.01. The number of carbonyl (C=O) groups excluding carboxylic acids is 1. The average molecular weight is 242 g/mol. The molecular weight excluding hydrogens is 226 g/mol. The van der Waals surface area contributed by atoms with E-state index in [0.717, 1.165) is 0 Å². The highest BCUT2D eigenvalue weighted by atomic mass is 35.5. The lowest BCUT2D eigenvalue weighted by Gasteiger charge is -2.11. The number of nitrogens with one attached hydrogen (secondary N) is 1. The van der Waals surface area contributed by atoms with E-state index in [1.807, 2.05) is 19.0 Å². The van der Waals surface area contributed by atoms with Gasteiger partial charge >= 0.3 is 0 Å². The third-order valence-corrected chi connectivity index (χ3v) is 2.31. The molecule has 0 bridgehead atoms. The maximum absolute atomic E-state index is 11.5. The monoisotopic (exact) mass is 241 g/mol. The van der Waals surface area contributed by atoms with Crippen LogP contribution in [-0.2, 0) is 4.79 Å². The first-order valence-corrected chi connectivity index (χ1v) is 5.36. The van der Waals surface area contributed by atoms with Crippen molar-refractivity contribution in [2.24, 2.45) is 0 Å². The molecule has 1 amide bonds. The summed E-state index contributed by atoms with van der Waals surface area (Å²) in [5.41, 5.74) is 6.80. The van der Waals surface area contributed by atoms with Crippen molar-refractivity contribution in [1.82, 2.24) is 4.90 Å². The van der Waals surface area contributed by atoms with Gasteiger partial charge in [-0.25, -0.2) is 0 Å². The van der Waals surface area contributed by atoms with E-state index in [1.165, 1.54) is 0 Å². The topological polar surface area (TPSA) is 58.4 Å². The number of rotatable bonds is 4. The lowest BCUT2D eigenvalue weighted by atomic mass is 10.2. The van der Waals surface area contributed by atoms with Gasteiger partial charge in [0, 0.05) is 18.0 Å². The maximum atomic E-state index is 11.5. The Labute approximate surface area is 100 Å². The Morgan fingerprint density at radius 2 is 2.19 bits per heavy atom. The molecule has 0 aliphatic carbocycles. The van der Waals surface area contributed by atoms with Gasteiger partial charge in [0.1, 0.15) is 0 Å². The quantitative estimate of drug-likeness (QED) is 0.791. The van der Waals surface area contributed by atoms with Crippen molar-refractivity contribution in [3.05, 3.63) is 23.2 Å². The van der Waals surface area contributed by atoms with Crippen LogP contribution >= 0.6 is 11.6 Å². The Balaban J connectivity index is 2.56. The van der Waals surface area contributed by atoms with E-state index in [9.17, 15) is 4.79 Å². The molecule has 1 aromatic rings. The second-order valence-corrected chi connectivity index (χ2v) is 4.27. The highest BCUT2D eigenvalue weighted by Crippen LogP contribution is 2.22. The number of halogens is 1. The Morgan fingerprint density at radius 1 is 1.50 bits per heavy atom. The summed E-state index contributed by atoms with van der Waals surface area (Å²) >= 11 is 5.76. The largest absolute Gasteiger partial charge is 0.397 e. The van der Waals surface area contributed by atoms with Crippen LogP contribution in [0.3, 0.4) is 0 Å². The molecule has 0 atom stereocenters. The van der Waals surface area contributed by atoms with Gasteiger partial charge in [-0.2, -0.15) is 0 Å². The lowest BCUT2D eigenvalue weighted by Crippen LogP contribution is -2.21. The highest BCUT2D eigenvalue weighted by Gasteiger charge is 2.05. The summed E-state index contributed by atoms with van der Waals surface area (Å²) in [5, 5.41) is 3.30. The summed E-state index contributed by atoms with van der Waals surface area (Å²) in [6.07, 6.45) is 0.440. The summed E-state index contributed by atoms with van der Waals surface area (Å²) in [5.74, 6) is -0.0530. The maximum Gasteiger partial charge on any atom is 0.225 e. The zero-order chi connectivity index (χ0) is 12.1. The van der Waals surface area contributed by atoms with Crippen molar-refractivity contribution in [2.45, 2.75) is 6.42 Å². The molecule has 0 heterocycles. The molecule has 0 unspecified atom stereocenters. The Morgan fingerprint density at radius 3 is 2.75 bits per heavy atom. The third-order valence-electron chi connectivity index (χ3n) is 2.07. The first kappa shape index (κ1) is 12.8. The molecule has 0 spiro atoms. The summed E-state index contributed by atoms with van der Waals surface area (Å²) in [7, 11) is 3.84. The normalized spacial score (nSPS) is 10.5. The van der Waals surface area contributed by atoms with Crippen LogP contribution in [0.2, 0.25) is 5.02 Å². The van der Waals surface area contributed by atoms with Gasteiger partial charge < -0.3 is 16.0 Å². The molecule has 88 valence electrons. The van der Waals surface area contributed by atoms with E-state index in [1.54, 1.807) is 18.2 Å². The molecule has 1 aromatic carbocycles. The standard InChI is InChI=1S/C11H16ClN3O/c1-15(2)6-5-11(16)14-10-4-3-8(12)7-9(10)13/h3-4,7H,5-6,13H2,1-2H3,(H,14,16). The number of hydrogen-bond acceptors (Lipinski definition) is 3. The lowest BCUT2D eigenvalue weighted by molar-refractivity contribution is -0.116. The van der Waals surface area contributed by atoms with Gasteiger partial charge in [-0.1, -0.05) is 11.6 Å². The molecular formula is C11H16ClN3O. The number of nitrogens with two attached hydrogens (primary N) is 1. The fourth-order valence-electron chi connectivity index (χ4n) is 1.19. The van der Waals surface area contributed by atoms with Crippen molar-refractivity contribution in [3.63, 3.8) is 0 Å². The van der Waals surface area contributed by atoms with E-state index in [0.29, 0.717) is 29.4 Å². The molecule has 0 fully saturated rings. The number of amides is 1. The predicted octanol–water partition coefficient (Wildman–Crippen LogP) is 1.81. The molecule has 3 N–H and O–H groups in total. The fourth-order valence-corrected chi connectivity index (χ4v) is 1.37. The van der Waals surface area contributed by atoms with Crippen LogP contribution in [0.4, 0.5) is 11.4 Å². The molecule has 0 aromatic heterocycles. The van der Waals surface area contributed by atoms with Crippen LogP contribution in [0.1, 0.15) is 6.42 Å². The van der Waals surface area contributed by atoms with E-state index in [4.69, 9.17) is 17.3 Å². The zero-order valence-electron chi connectivity index (χ0n) is 9.46. The summed E-state index contributed by atoms with van der Waals surface area (Å²) in [4.78, 5) is 13.5. The number of hydrogen-bond donors (Lipinski definition) is 2. The van der Waals surface area contributed by atoms with E-state index < -0.39 is 0 Å². The Bertz CT molecular complexity index is 379. The molecule has 4 nitrogen and oxygen atoms in total. The first-order chi connectivity index (χ1) is 7.49. The van der Waals surface area contributed by atoms with Gasteiger partial charge in [0.2, 0.25) is 5.91 Å². The predicted molar refractivity (Wildman–Crippen MR) is 67.7 cm³/mol. The van der Waals surface area contributed by atoms with Gasteiger partial charge in [0.25, 0.3) is 0 Å². The summed E-state index contributed by atoms with van der Waals surface area (Å²) < 4.78 is 0. The number of benzene rings is 1. The minimum atomic E-state index is -0.0530. The minimum absolute atomic E-state index is 0.0530. The van der Waals surface area contributed by atoms with Gasteiger partial charge in [0.05, 0.1) is 11.4 Å². The van der Waals surface area contributed by atoms with Crippen molar-refractivity contribution in [3.8, 4) is 0 Å². The number of nitrogens with zero attached hydrogens (tertiary/aromatic N) is 1. The Kier molecular flexibility index (Phi) is 4.58. The van der Waals surface area contributed by atoms with Crippen LogP contribution in [0.25, 0.3) is 0 Å². The Hall–Kier alpha value is -1.26. The van der Waals surface area contributed by atoms with Gasteiger partial charge in [-0.3, -0.25) is 4.79 Å². The molecule has 0 aliphatic heterocycles.